The van der Waals surface area contributed by atoms with Crippen molar-refractivity contribution >= 4 is 47.0 Å². The lowest BCUT2D eigenvalue weighted by Gasteiger charge is -2.21. The summed E-state index contributed by atoms with van der Waals surface area (Å²) in [7, 11) is 4.06. The zero-order chi connectivity index (χ0) is 36.9. The van der Waals surface area contributed by atoms with Gasteiger partial charge in [0.25, 0.3) is 0 Å². The van der Waals surface area contributed by atoms with Gasteiger partial charge in [-0.15, -0.1) is 0 Å². The van der Waals surface area contributed by atoms with Gasteiger partial charge in [0.1, 0.15) is 33.1 Å². The molecule has 0 radical (unpaired) electrons. The Hall–Kier alpha value is -4.22. The van der Waals surface area contributed by atoms with Crippen LogP contribution in [0.15, 0.2) is 84.9 Å². The largest absolute Gasteiger partial charge is 0.444 e. The lowest BCUT2D eigenvalue weighted by molar-refractivity contribution is 0.0625. The molecule has 50 heavy (non-hydrogen) atoms. The lowest BCUT2D eigenvalue weighted by Crippen LogP contribution is -2.28. The Morgan fingerprint density at radius 3 is 1.28 bits per heavy atom. The van der Waals surface area contributed by atoms with E-state index in [1.807, 2.05) is 55.6 Å². The second-order valence-electron chi connectivity index (χ2n) is 13.9. The maximum atomic E-state index is 12.2. The SMILES string of the molecule is CN(Cc1ccccc1)Cc1cc(Cl)nc(Cl)c1.CN(Cc1ccccc1)Cc1cc(NC(=O)OC(C)(C)C)nc(NC(=O)OC(C)(C)C)c1. The van der Waals surface area contributed by atoms with Crippen molar-refractivity contribution in [2.45, 2.75) is 78.9 Å². The van der Waals surface area contributed by atoms with Gasteiger partial charge in [-0.1, -0.05) is 83.9 Å². The van der Waals surface area contributed by atoms with Gasteiger partial charge in [-0.25, -0.2) is 19.6 Å². The summed E-state index contributed by atoms with van der Waals surface area (Å²) in [6, 6.07) is 27.6. The van der Waals surface area contributed by atoms with Crippen LogP contribution in [-0.4, -0.2) is 57.3 Å². The van der Waals surface area contributed by atoms with Crippen molar-refractivity contribution in [2.24, 2.45) is 0 Å². The highest BCUT2D eigenvalue weighted by molar-refractivity contribution is 6.32. The monoisotopic (exact) mass is 722 g/mol. The summed E-state index contributed by atoms with van der Waals surface area (Å²) in [4.78, 5) is 37.0. The Morgan fingerprint density at radius 2 is 0.920 bits per heavy atom. The highest BCUT2D eigenvalue weighted by Crippen LogP contribution is 2.20. The normalized spacial score (nSPS) is 11.4. The number of ether oxygens (including phenoxy) is 2. The van der Waals surface area contributed by atoms with Crippen LogP contribution >= 0.6 is 23.2 Å². The fourth-order valence-corrected chi connectivity index (χ4v) is 5.26. The number of carbonyl (C=O) groups excluding carboxylic acids is 2. The third-order valence-corrected chi connectivity index (χ3v) is 6.85. The summed E-state index contributed by atoms with van der Waals surface area (Å²) in [6.07, 6.45) is -1.24. The van der Waals surface area contributed by atoms with Crippen molar-refractivity contribution in [1.82, 2.24) is 19.8 Å². The van der Waals surface area contributed by atoms with Crippen molar-refractivity contribution < 1.29 is 19.1 Å². The number of halogens is 2. The molecule has 2 aromatic heterocycles. The van der Waals surface area contributed by atoms with E-state index in [1.54, 1.807) is 53.7 Å². The zero-order valence-electron chi connectivity index (χ0n) is 30.1. The summed E-state index contributed by atoms with van der Waals surface area (Å²) >= 11 is 11.8. The lowest BCUT2D eigenvalue weighted by atomic mass is 10.2. The van der Waals surface area contributed by atoms with Crippen molar-refractivity contribution in [3.8, 4) is 0 Å². The predicted molar refractivity (Wildman–Crippen MR) is 201 cm³/mol. The van der Waals surface area contributed by atoms with Gasteiger partial charge >= 0.3 is 12.2 Å². The van der Waals surface area contributed by atoms with E-state index in [-0.39, 0.29) is 11.6 Å². The molecule has 0 saturated carbocycles. The van der Waals surface area contributed by atoms with Crippen LogP contribution in [0.5, 0.6) is 0 Å². The Kier molecular flexibility index (Phi) is 15.0. The molecule has 0 aliphatic carbocycles. The molecule has 0 saturated heterocycles. The highest BCUT2D eigenvalue weighted by atomic mass is 35.5. The van der Waals surface area contributed by atoms with E-state index >= 15 is 0 Å². The van der Waals surface area contributed by atoms with Crippen LogP contribution in [0, 0.1) is 0 Å². The van der Waals surface area contributed by atoms with E-state index in [9.17, 15) is 9.59 Å². The van der Waals surface area contributed by atoms with E-state index in [1.165, 1.54) is 11.1 Å². The first-order valence-corrected chi connectivity index (χ1v) is 17.0. The van der Waals surface area contributed by atoms with Gasteiger partial charge < -0.3 is 9.47 Å². The smallest absolute Gasteiger partial charge is 0.413 e. The molecular weight excluding hydrogens is 675 g/mol. The topological polar surface area (TPSA) is 109 Å². The number of nitrogens with zero attached hydrogens (tertiary/aromatic N) is 4. The van der Waals surface area contributed by atoms with Gasteiger partial charge in [-0.2, -0.15) is 0 Å². The molecule has 4 aromatic rings. The molecule has 4 rings (SSSR count). The standard InChI is InChI=1S/C24H34N4O4.C14H14Cl2N2/c1-23(2,3)31-21(29)26-19-13-18(16-28(7)15-17-11-9-8-10-12-17)14-20(25-19)27-22(30)32-24(4,5)6;1-18(9-11-5-3-2-4-6-11)10-12-7-13(15)17-14(16)8-12/h8-14H,15-16H2,1-7H3,(H2,25,26,27,29,30);2-8H,9-10H2,1H3. The quantitative estimate of drug-likeness (QED) is 0.156. The minimum Gasteiger partial charge on any atom is -0.444 e. The first-order chi connectivity index (χ1) is 23.4. The van der Waals surface area contributed by atoms with Crippen LogP contribution in [0.2, 0.25) is 10.3 Å². The summed E-state index contributed by atoms with van der Waals surface area (Å²) < 4.78 is 10.6. The van der Waals surface area contributed by atoms with Crippen LogP contribution in [0.25, 0.3) is 0 Å². The number of aromatic nitrogens is 2. The molecule has 0 aliphatic heterocycles. The summed E-state index contributed by atoms with van der Waals surface area (Å²) in [5.74, 6) is 0.548. The number of amides is 2. The van der Waals surface area contributed by atoms with Gasteiger partial charge in [0.05, 0.1) is 0 Å². The summed E-state index contributed by atoms with van der Waals surface area (Å²) in [5, 5.41) is 6.15. The van der Waals surface area contributed by atoms with Crippen LogP contribution < -0.4 is 10.6 Å². The second kappa shape index (κ2) is 18.7. The number of anilines is 2. The number of hydrogen-bond acceptors (Lipinski definition) is 8. The second-order valence-corrected chi connectivity index (χ2v) is 14.7. The molecule has 0 aliphatic rings. The van der Waals surface area contributed by atoms with E-state index < -0.39 is 23.4 Å². The van der Waals surface area contributed by atoms with Gasteiger partial charge in [-0.3, -0.25) is 20.4 Å². The number of hydrogen-bond donors (Lipinski definition) is 2. The van der Waals surface area contributed by atoms with Crippen molar-refractivity contribution in [3.63, 3.8) is 0 Å². The van der Waals surface area contributed by atoms with Crippen LogP contribution in [0.3, 0.4) is 0 Å². The molecule has 10 nitrogen and oxygen atoms in total. The Morgan fingerprint density at radius 1 is 0.580 bits per heavy atom. The van der Waals surface area contributed by atoms with Crippen molar-refractivity contribution in [1.29, 1.82) is 0 Å². The fourth-order valence-electron chi connectivity index (χ4n) is 4.75. The third kappa shape index (κ3) is 16.5. The molecule has 2 aromatic carbocycles. The van der Waals surface area contributed by atoms with Crippen molar-refractivity contribution in [3.05, 3.63) is 117 Å². The maximum Gasteiger partial charge on any atom is 0.413 e. The number of rotatable bonds is 10. The van der Waals surface area contributed by atoms with Gasteiger partial charge in [-0.05, 0) is 102 Å². The van der Waals surface area contributed by atoms with Crippen LogP contribution in [0.1, 0.15) is 63.8 Å². The molecule has 12 heteroatoms. The molecule has 0 fully saturated rings. The Balaban J connectivity index is 0.000000316. The fraction of sp³-hybridized carbons (Fsp3) is 0.368. The summed E-state index contributed by atoms with van der Waals surface area (Å²) in [5.41, 5.74) is 3.10. The molecule has 0 unspecified atom stereocenters. The third-order valence-electron chi connectivity index (χ3n) is 6.46. The average Bonchev–Trinajstić information content (AvgIpc) is 2.95. The molecule has 268 valence electrons. The average molecular weight is 724 g/mol. The summed E-state index contributed by atoms with van der Waals surface area (Å²) in [6.45, 7) is 13.7. The molecule has 2 N–H and O–H groups in total. The first-order valence-electron chi connectivity index (χ1n) is 16.2. The van der Waals surface area contributed by atoms with E-state index in [2.05, 4.69) is 61.7 Å². The molecular formula is C38H48Cl2N6O4. The van der Waals surface area contributed by atoms with E-state index in [4.69, 9.17) is 32.7 Å². The number of benzene rings is 2. The molecule has 0 bridgehead atoms. The molecule has 0 atom stereocenters. The van der Waals surface area contributed by atoms with Crippen LogP contribution in [-0.2, 0) is 35.7 Å². The Bertz CT molecular complexity index is 1610. The minimum atomic E-state index is -0.644. The molecule has 2 amide bonds. The maximum absolute atomic E-state index is 12.2. The Labute approximate surface area is 306 Å². The minimum absolute atomic E-state index is 0.274. The number of carbonyl (C=O) groups is 2. The van der Waals surface area contributed by atoms with Crippen molar-refractivity contribution in [2.75, 3.05) is 24.7 Å². The van der Waals surface area contributed by atoms with Gasteiger partial charge in [0, 0.05) is 26.2 Å². The highest BCUT2D eigenvalue weighted by Gasteiger charge is 2.19. The van der Waals surface area contributed by atoms with E-state index in [0.717, 1.165) is 30.8 Å². The molecule has 2 heterocycles. The zero-order valence-corrected chi connectivity index (χ0v) is 31.6. The number of nitrogens with one attached hydrogen (secondary N) is 2. The van der Waals surface area contributed by atoms with Gasteiger partial charge in [0.2, 0.25) is 0 Å². The van der Waals surface area contributed by atoms with E-state index in [0.29, 0.717) is 16.9 Å². The predicted octanol–water partition coefficient (Wildman–Crippen LogP) is 9.43. The number of pyridine rings is 2. The first kappa shape index (κ1) is 40.2. The molecule has 0 spiro atoms. The van der Waals surface area contributed by atoms with Crippen LogP contribution in [0.4, 0.5) is 21.2 Å². The van der Waals surface area contributed by atoms with Gasteiger partial charge in [0.15, 0.2) is 0 Å².